The van der Waals surface area contributed by atoms with Crippen LogP contribution in [0.4, 0.5) is 5.95 Å². The van der Waals surface area contributed by atoms with Gasteiger partial charge >= 0.3 is 0 Å². The van der Waals surface area contributed by atoms with Gasteiger partial charge in [0.15, 0.2) is 0 Å². The summed E-state index contributed by atoms with van der Waals surface area (Å²) in [6.07, 6.45) is 6.29. The van der Waals surface area contributed by atoms with E-state index in [0.29, 0.717) is 6.04 Å². The number of rotatable bonds is 4. The van der Waals surface area contributed by atoms with Gasteiger partial charge in [-0.2, -0.15) is 0 Å². The second-order valence-electron chi connectivity index (χ2n) is 5.31. The Balaban J connectivity index is 1.74. The van der Waals surface area contributed by atoms with Gasteiger partial charge in [0.05, 0.1) is 11.7 Å². The van der Waals surface area contributed by atoms with Gasteiger partial charge in [0.25, 0.3) is 0 Å². The highest BCUT2D eigenvalue weighted by Gasteiger charge is 2.35. The van der Waals surface area contributed by atoms with Crippen molar-refractivity contribution in [3.63, 3.8) is 0 Å². The van der Waals surface area contributed by atoms with Crippen LogP contribution in [0.5, 0.6) is 0 Å². The molecule has 0 aromatic carbocycles. The van der Waals surface area contributed by atoms with Gasteiger partial charge in [-0.25, -0.2) is 4.98 Å². The summed E-state index contributed by atoms with van der Waals surface area (Å²) < 4.78 is 2.35. The van der Waals surface area contributed by atoms with Gasteiger partial charge in [0, 0.05) is 31.9 Å². The maximum Gasteiger partial charge on any atom is 0.203 e. The lowest BCUT2D eigenvalue weighted by Gasteiger charge is -2.17. The number of nitrogens with one attached hydrogen (secondary N) is 1. The SMILES string of the molecule is CCNc1nc(C)cn1C1CCN(C2CC2)C1. The van der Waals surface area contributed by atoms with E-state index in [9.17, 15) is 0 Å². The van der Waals surface area contributed by atoms with E-state index in [1.54, 1.807) is 0 Å². The highest BCUT2D eigenvalue weighted by Crippen LogP contribution is 2.34. The molecule has 1 atom stereocenters. The fourth-order valence-electron chi connectivity index (χ4n) is 2.85. The van der Waals surface area contributed by atoms with Crippen LogP contribution in [-0.2, 0) is 0 Å². The van der Waals surface area contributed by atoms with Crippen molar-refractivity contribution in [2.24, 2.45) is 0 Å². The van der Waals surface area contributed by atoms with E-state index >= 15 is 0 Å². The quantitative estimate of drug-likeness (QED) is 0.865. The van der Waals surface area contributed by atoms with E-state index in [1.165, 1.54) is 32.4 Å². The van der Waals surface area contributed by atoms with E-state index in [4.69, 9.17) is 0 Å². The third-order valence-corrected chi connectivity index (χ3v) is 3.84. The van der Waals surface area contributed by atoms with Crippen LogP contribution in [0.3, 0.4) is 0 Å². The number of hydrogen-bond donors (Lipinski definition) is 1. The number of aromatic nitrogens is 2. The monoisotopic (exact) mass is 234 g/mol. The minimum atomic E-state index is 0.617. The van der Waals surface area contributed by atoms with Crippen LogP contribution in [0.25, 0.3) is 0 Å². The molecule has 3 rings (SSSR count). The Morgan fingerprint density at radius 1 is 1.35 bits per heavy atom. The Morgan fingerprint density at radius 2 is 2.18 bits per heavy atom. The third-order valence-electron chi connectivity index (χ3n) is 3.84. The fraction of sp³-hybridized carbons (Fsp3) is 0.769. The fourth-order valence-corrected chi connectivity index (χ4v) is 2.85. The zero-order valence-electron chi connectivity index (χ0n) is 10.8. The summed E-state index contributed by atoms with van der Waals surface area (Å²) in [7, 11) is 0. The van der Waals surface area contributed by atoms with Crippen LogP contribution < -0.4 is 5.32 Å². The average molecular weight is 234 g/mol. The molecule has 17 heavy (non-hydrogen) atoms. The predicted octanol–water partition coefficient (Wildman–Crippen LogP) is 2.03. The molecular weight excluding hydrogens is 212 g/mol. The Morgan fingerprint density at radius 3 is 2.88 bits per heavy atom. The molecule has 1 aromatic heterocycles. The van der Waals surface area contributed by atoms with E-state index in [1.807, 2.05) is 0 Å². The molecule has 1 aromatic rings. The van der Waals surface area contributed by atoms with Crippen molar-refractivity contribution in [1.29, 1.82) is 0 Å². The second-order valence-corrected chi connectivity index (χ2v) is 5.31. The van der Waals surface area contributed by atoms with Gasteiger partial charge in [0.1, 0.15) is 0 Å². The molecule has 1 N–H and O–H groups in total. The lowest BCUT2D eigenvalue weighted by atomic mass is 10.2. The van der Waals surface area contributed by atoms with Gasteiger partial charge in [-0.1, -0.05) is 0 Å². The summed E-state index contributed by atoms with van der Waals surface area (Å²) >= 11 is 0. The maximum atomic E-state index is 4.56. The minimum absolute atomic E-state index is 0.617. The normalized spacial score (nSPS) is 25.4. The van der Waals surface area contributed by atoms with Crippen LogP contribution in [0, 0.1) is 6.92 Å². The molecule has 1 unspecified atom stereocenters. The number of nitrogens with zero attached hydrogens (tertiary/aromatic N) is 3. The van der Waals surface area contributed by atoms with E-state index in [-0.39, 0.29) is 0 Å². The van der Waals surface area contributed by atoms with Crippen LogP contribution in [0.15, 0.2) is 6.20 Å². The summed E-state index contributed by atoms with van der Waals surface area (Å²) in [4.78, 5) is 7.21. The molecule has 2 fully saturated rings. The first-order chi connectivity index (χ1) is 8.28. The molecule has 1 aliphatic carbocycles. The number of anilines is 1. The summed E-state index contributed by atoms with van der Waals surface area (Å²) in [5.74, 6) is 1.05. The molecule has 1 saturated heterocycles. The molecule has 1 aliphatic heterocycles. The highest BCUT2D eigenvalue weighted by atomic mass is 15.3. The summed E-state index contributed by atoms with van der Waals surface area (Å²) in [6.45, 7) is 7.61. The molecule has 4 nitrogen and oxygen atoms in total. The molecule has 4 heteroatoms. The summed E-state index contributed by atoms with van der Waals surface area (Å²) in [5.41, 5.74) is 1.12. The standard InChI is InChI=1S/C13H22N4/c1-3-14-13-15-10(2)8-17(13)12-6-7-16(9-12)11-4-5-11/h8,11-12H,3-7,9H2,1-2H3,(H,14,15). The summed E-state index contributed by atoms with van der Waals surface area (Å²) in [5, 5.41) is 3.37. The van der Waals surface area contributed by atoms with Crippen LogP contribution >= 0.6 is 0 Å². The van der Waals surface area contributed by atoms with Crippen molar-refractivity contribution in [1.82, 2.24) is 14.5 Å². The van der Waals surface area contributed by atoms with Gasteiger partial charge < -0.3 is 9.88 Å². The smallest absolute Gasteiger partial charge is 0.203 e. The largest absolute Gasteiger partial charge is 0.356 e. The topological polar surface area (TPSA) is 33.1 Å². The van der Waals surface area contributed by atoms with Crippen molar-refractivity contribution < 1.29 is 0 Å². The van der Waals surface area contributed by atoms with E-state index in [0.717, 1.165) is 24.2 Å². The van der Waals surface area contributed by atoms with E-state index in [2.05, 4.69) is 39.8 Å². The predicted molar refractivity (Wildman–Crippen MR) is 69.4 cm³/mol. The summed E-state index contributed by atoms with van der Waals surface area (Å²) in [6, 6.07) is 1.51. The molecule has 0 bridgehead atoms. The Hall–Kier alpha value is -1.03. The van der Waals surface area contributed by atoms with Gasteiger partial charge in [-0.05, 0) is 33.1 Å². The second kappa shape index (κ2) is 4.33. The van der Waals surface area contributed by atoms with Crippen molar-refractivity contribution in [3.8, 4) is 0 Å². The third kappa shape index (κ3) is 2.18. The van der Waals surface area contributed by atoms with Gasteiger partial charge in [-0.3, -0.25) is 4.90 Å². The van der Waals surface area contributed by atoms with Crippen LogP contribution in [0.1, 0.15) is 37.9 Å². The van der Waals surface area contributed by atoms with Crippen LogP contribution in [0.2, 0.25) is 0 Å². The molecule has 2 heterocycles. The molecule has 0 radical (unpaired) electrons. The van der Waals surface area contributed by atoms with Crippen molar-refractivity contribution in [3.05, 3.63) is 11.9 Å². The number of likely N-dealkylation sites (tertiary alicyclic amines) is 1. The zero-order valence-corrected chi connectivity index (χ0v) is 10.8. The molecule has 1 saturated carbocycles. The highest BCUT2D eigenvalue weighted by molar-refractivity contribution is 5.29. The molecular formula is C13H22N4. The lowest BCUT2D eigenvalue weighted by molar-refractivity contribution is 0.314. The number of hydrogen-bond acceptors (Lipinski definition) is 3. The molecule has 94 valence electrons. The Bertz CT molecular complexity index is 394. The van der Waals surface area contributed by atoms with Crippen molar-refractivity contribution >= 4 is 5.95 Å². The number of aryl methyl sites for hydroxylation is 1. The number of imidazole rings is 1. The van der Waals surface area contributed by atoms with Crippen molar-refractivity contribution in [2.45, 2.75) is 45.2 Å². The first kappa shape index (κ1) is 11.1. The van der Waals surface area contributed by atoms with Crippen molar-refractivity contribution in [2.75, 3.05) is 25.0 Å². The van der Waals surface area contributed by atoms with Crippen LogP contribution in [-0.4, -0.2) is 40.1 Å². The van der Waals surface area contributed by atoms with Gasteiger partial charge in [0.2, 0.25) is 5.95 Å². The first-order valence-electron chi connectivity index (χ1n) is 6.81. The lowest BCUT2D eigenvalue weighted by Crippen LogP contribution is -2.24. The zero-order chi connectivity index (χ0) is 11.8. The molecule has 2 aliphatic rings. The molecule has 0 amide bonds. The maximum absolute atomic E-state index is 4.56. The van der Waals surface area contributed by atoms with E-state index < -0.39 is 0 Å². The average Bonchev–Trinajstić information content (AvgIpc) is 2.92. The molecule has 0 spiro atoms. The van der Waals surface area contributed by atoms with Gasteiger partial charge in [-0.15, -0.1) is 0 Å². The first-order valence-corrected chi connectivity index (χ1v) is 6.81. The Labute approximate surface area is 103 Å². The Kier molecular flexibility index (Phi) is 2.82. The minimum Gasteiger partial charge on any atom is -0.356 e.